The Hall–Kier alpha value is -1.95. The number of carbonyl (C=O) groups excluding carboxylic acids is 1. The minimum atomic E-state index is -0.428. The fraction of sp³-hybridized carbons (Fsp3) is 0.619. The van der Waals surface area contributed by atoms with E-state index in [2.05, 4.69) is 11.1 Å². The van der Waals surface area contributed by atoms with Gasteiger partial charge in [-0.3, -0.25) is 4.79 Å². The van der Waals surface area contributed by atoms with E-state index in [1.807, 2.05) is 4.90 Å². The summed E-state index contributed by atoms with van der Waals surface area (Å²) >= 11 is 0. The van der Waals surface area contributed by atoms with Gasteiger partial charge >= 0.3 is 0 Å². The van der Waals surface area contributed by atoms with E-state index in [0.29, 0.717) is 12.5 Å². The summed E-state index contributed by atoms with van der Waals surface area (Å²) in [7, 11) is 0. The van der Waals surface area contributed by atoms with E-state index in [4.69, 9.17) is 9.47 Å². The topological polar surface area (TPSA) is 51.7 Å². The third-order valence-corrected chi connectivity index (χ3v) is 6.24. The maximum absolute atomic E-state index is 13.6. The van der Waals surface area contributed by atoms with Crippen molar-refractivity contribution in [3.8, 4) is 5.88 Å². The van der Waals surface area contributed by atoms with Crippen molar-refractivity contribution in [1.82, 2.24) is 9.88 Å². The predicted octanol–water partition coefficient (Wildman–Crippen LogP) is 3.50. The van der Waals surface area contributed by atoms with E-state index in [1.54, 1.807) is 6.07 Å². The molecule has 1 aromatic heterocycles. The van der Waals surface area contributed by atoms with Gasteiger partial charge in [-0.05, 0) is 63.0 Å². The second-order valence-electron chi connectivity index (χ2n) is 7.74. The Balaban J connectivity index is 1.30. The molecule has 1 aliphatic carbocycles. The maximum Gasteiger partial charge on any atom is 0.250 e. The van der Waals surface area contributed by atoms with Gasteiger partial charge in [0.15, 0.2) is 5.82 Å². The minimum Gasteiger partial charge on any atom is -0.476 e. The molecule has 1 amide bonds. The smallest absolute Gasteiger partial charge is 0.250 e. The van der Waals surface area contributed by atoms with Gasteiger partial charge in [-0.1, -0.05) is 6.08 Å². The molecule has 6 heteroatoms. The third kappa shape index (κ3) is 3.86. The Morgan fingerprint density at radius 1 is 1.41 bits per heavy atom. The Morgan fingerprint density at radius 3 is 3.00 bits per heavy atom. The van der Waals surface area contributed by atoms with Crippen LogP contribution in [0.4, 0.5) is 4.39 Å². The molecular formula is C21H27FN2O3. The highest BCUT2D eigenvalue weighted by Crippen LogP contribution is 2.42. The number of nitrogens with zero attached hydrogens (tertiary/aromatic N) is 2. The molecule has 0 bridgehead atoms. The molecule has 4 rings (SSSR count). The molecular weight excluding hydrogens is 347 g/mol. The lowest BCUT2D eigenvalue weighted by Crippen LogP contribution is -2.49. The van der Waals surface area contributed by atoms with Crippen LogP contribution >= 0.6 is 0 Å². The molecule has 0 saturated carbocycles. The van der Waals surface area contributed by atoms with Crippen molar-refractivity contribution in [2.45, 2.75) is 50.5 Å². The molecule has 2 fully saturated rings. The summed E-state index contributed by atoms with van der Waals surface area (Å²) in [6, 6.07) is 2.91. The average Bonchev–Trinajstić information content (AvgIpc) is 3.35. The molecule has 1 atom stereocenters. The zero-order chi connectivity index (χ0) is 18.7. The first-order valence-electron chi connectivity index (χ1n) is 10.0. The summed E-state index contributed by atoms with van der Waals surface area (Å²) in [5, 5.41) is 0. The van der Waals surface area contributed by atoms with E-state index >= 15 is 0 Å². The highest BCUT2D eigenvalue weighted by molar-refractivity contribution is 5.93. The summed E-state index contributed by atoms with van der Waals surface area (Å²) in [6.45, 7) is 2.69. The number of rotatable bonds is 5. The summed E-state index contributed by atoms with van der Waals surface area (Å²) in [6.07, 6.45) is 10.2. The number of halogens is 1. The monoisotopic (exact) mass is 374 g/mol. The molecule has 2 saturated heterocycles. The van der Waals surface area contributed by atoms with Gasteiger partial charge in [0.05, 0.1) is 12.2 Å². The van der Waals surface area contributed by atoms with E-state index in [-0.39, 0.29) is 17.4 Å². The van der Waals surface area contributed by atoms with Crippen LogP contribution in [0.25, 0.3) is 0 Å². The van der Waals surface area contributed by atoms with Gasteiger partial charge in [-0.25, -0.2) is 9.37 Å². The second-order valence-corrected chi connectivity index (χ2v) is 7.74. The van der Waals surface area contributed by atoms with Crippen molar-refractivity contribution < 1.29 is 18.7 Å². The van der Waals surface area contributed by atoms with Crippen LogP contribution in [0, 0.1) is 11.7 Å². The number of amides is 1. The zero-order valence-corrected chi connectivity index (χ0v) is 15.7. The number of pyridine rings is 1. The van der Waals surface area contributed by atoms with Crippen LogP contribution in [0.2, 0.25) is 0 Å². The lowest BCUT2D eigenvalue weighted by molar-refractivity contribution is -0.133. The SMILES string of the molecule is O=C(C1=CCCC1)N1CCC2(CC1)OCC[C@H]2CCOc1ncccc1F. The van der Waals surface area contributed by atoms with Crippen LogP contribution in [0.1, 0.15) is 44.9 Å². The van der Waals surface area contributed by atoms with E-state index in [1.165, 1.54) is 12.3 Å². The molecule has 0 N–H and O–H groups in total. The van der Waals surface area contributed by atoms with Crippen LogP contribution in [0.5, 0.6) is 5.88 Å². The lowest BCUT2D eigenvalue weighted by atomic mass is 9.78. The van der Waals surface area contributed by atoms with Gasteiger partial charge < -0.3 is 14.4 Å². The summed E-state index contributed by atoms with van der Waals surface area (Å²) in [5.41, 5.74) is 0.827. The van der Waals surface area contributed by atoms with Gasteiger partial charge in [0.25, 0.3) is 0 Å². The highest BCUT2D eigenvalue weighted by Gasteiger charge is 2.46. The number of piperidine rings is 1. The Morgan fingerprint density at radius 2 is 2.26 bits per heavy atom. The summed E-state index contributed by atoms with van der Waals surface area (Å²) in [5.74, 6) is 0.233. The Kier molecular flexibility index (Phi) is 5.43. The summed E-state index contributed by atoms with van der Waals surface area (Å²) < 4.78 is 25.4. The minimum absolute atomic E-state index is 0.0655. The summed E-state index contributed by atoms with van der Waals surface area (Å²) in [4.78, 5) is 18.5. The van der Waals surface area contributed by atoms with Gasteiger partial charge in [-0.15, -0.1) is 0 Å². The molecule has 146 valence electrons. The number of likely N-dealkylation sites (tertiary alicyclic amines) is 1. The van der Waals surface area contributed by atoms with Gasteiger partial charge in [0, 0.05) is 31.5 Å². The van der Waals surface area contributed by atoms with Crippen molar-refractivity contribution in [1.29, 1.82) is 0 Å². The normalized spacial score (nSPS) is 24.3. The molecule has 1 aromatic rings. The first-order valence-corrected chi connectivity index (χ1v) is 10.0. The van der Waals surface area contributed by atoms with Crippen molar-refractivity contribution in [2.24, 2.45) is 5.92 Å². The average molecular weight is 374 g/mol. The molecule has 3 aliphatic rings. The van der Waals surface area contributed by atoms with Crippen molar-refractivity contribution >= 4 is 5.91 Å². The number of ether oxygens (including phenoxy) is 2. The molecule has 0 unspecified atom stereocenters. The standard InChI is InChI=1S/C21H27FN2O3/c22-18-6-3-11-23-19(18)26-14-7-17-8-15-27-21(17)9-12-24(13-10-21)20(25)16-4-1-2-5-16/h3-4,6,11,17H,1-2,5,7-10,12-15H2/t17-/m1/s1. The molecule has 27 heavy (non-hydrogen) atoms. The van der Waals surface area contributed by atoms with Crippen molar-refractivity contribution in [3.05, 3.63) is 35.8 Å². The van der Waals surface area contributed by atoms with Gasteiger partial charge in [-0.2, -0.15) is 0 Å². The van der Waals surface area contributed by atoms with Crippen LogP contribution < -0.4 is 4.74 Å². The first-order chi connectivity index (χ1) is 13.2. The van der Waals surface area contributed by atoms with E-state index in [9.17, 15) is 9.18 Å². The Labute approximate surface area is 159 Å². The van der Waals surface area contributed by atoms with E-state index in [0.717, 1.165) is 70.2 Å². The number of hydrogen-bond donors (Lipinski definition) is 0. The van der Waals surface area contributed by atoms with Crippen LogP contribution in [0.3, 0.4) is 0 Å². The molecule has 1 spiro atoms. The largest absolute Gasteiger partial charge is 0.476 e. The predicted molar refractivity (Wildman–Crippen MR) is 98.8 cm³/mol. The second kappa shape index (κ2) is 7.97. The maximum atomic E-state index is 13.6. The van der Waals surface area contributed by atoms with E-state index < -0.39 is 5.82 Å². The molecule has 5 nitrogen and oxygen atoms in total. The lowest BCUT2D eigenvalue weighted by Gasteiger charge is -2.42. The number of carbonyl (C=O) groups is 1. The Bertz CT molecular complexity index is 713. The number of aromatic nitrogens is 1. The zero-order valence-electron chi connectivity index (χ0n) is 15.7. The van der Waals surface area contributed by atoms with Crippen molar-refractivity contribution in [3.63, 3.8) is 0 Å². The fourth-order valence-electron chi connectivity index (χ4n) is 4.68. The van der Waals surface area contributed by atoms with Crippen LogP contribution in [0.15, 0.2) is 30.0 Å². The quantitative estimate of drug-likeness (QED) is 0.792. The fourth-order valence-corrected chi connectivity index (χ4v) is 4.68. The number of allylic oxidation sites excluding steroid dienone is 1. The van der Waals surface area contributed by atoms with Crippen molar-refractivity contribution in [2.75, 3.05) is 26.3 Å². The third-order valence-electron chi connectivity index (χ3n) is 6.24. The molecule has 2 aliphatic heterocycles. The highest BCUT2D eigenvalue weighted by atomic mass is 19.1. The molecule has 0 aromatic carbocycles. The molecule has 0 radical (unpaired) electrons. The first kappa shape index (κ1) is 18.4. The molecule has 3 heterocycles. The van der Waals surface area contributed by atoms with Crippen LogP contribution in [-0.4, -0.2) is 47.7 Å². The number of hydrogen-bond acceptors (Lipinski definition) is 4. The van der Waals surface area contributed by atoms with Gasteiger partial charge in [0.2, 0.25) is 11.8 Å². The van der Waals surface area contributed by atoms with Crippen LogP contribution in [-0.2, 0) is 9.53 Å². The van der Waals surface area contributed by atoms with Gasteiger partial charge in [0.1, 0.15) is 0 Å².